The van der Waals surface area contributed by atoms with Crippen LogP contribution < -0.4 is 5.32 Å². The van der Waals surface area contributed by atoms with Gasteiger partial charge in [-0.1, -0.05) is 276 Å². The van der Waals surface area contributed by atoms with Gasteiger partial charge in [0.1, 0.15) is 12.2 Å². The van der Waals surface area contributed by atoms with Gasteiger partial charge in [-0.25, -0.2) is 0 Å². The Hall–Kier alpha value is -1.21. The molecule has 1 amide bonds. The fourth-order valence-electron chi connectivity index (χ4n) is 8.95. The number of aliphatic hydroxyl groups is 4. The van der Waals surface area contributed by atoms with Gasteiger partial charge in [-0.05, 0) is 51.4 Å². The van der Waals surface area contributed by atoms with Gasteiger partial charge >= 0.3 is 0 Å². The van der Waals surface area contributed by atoms with Crippen molar-refractivity contribution in [2.75, 3.05) is 6.61 Å². The number of amides is 1. The summed E-state index contributed by atoms with van der Waals surface area (Å²) in [5, 5.41) is 43.9. The zero-order chi connectivity index (χ0) is 45.9. The molecule has 4 unspecified atom stereocenters. The molecule has 6 heteroatoms. The van der Waals surface area contributed by atoms with E-state index in [0.717, 1.165) is 38.5 Å². The van der Waals surface area contributed by atoms with Crippen LogP contribution in [0.4, 0.5) is 0 Å². The van der Waals surface area contributed by atoms with Gasteiger partial charge in [0.05, 0.1) is 18.8 Å². The maximum absolute atomic E-state index is 12.6. The normalized spacial score (nSPS) is 13.9. The molecule has 0 aromatic carbocycles. The van der Waals surface area contributed by atoms with Crippen molar-refractivity contribution in [1.29, 1.82) is 0 Å². The second-order valence-corrected chi connectivity index (χ2v) is 19.6. The van der Waals surface area contributed by atoms with E-state index in [-0.39, 0.29) is 0 Å². The molecule has 0 aromatic rings. The second kappa shape index (κ2) is 51.8. The number of carbonyl (C=O) groups is 1. The summed E-state index contributed by atoms with van der Waals surface area (Å²) < 4.78 is 0. The maximum atomic E-state index is 12.6. The molecule has 0 saturated heterocycles. The molecule has 0 aliphatic carbocycles. The average Bonchev–Trinajstić information content (AvgIpc) is 3.29. The van der Waals surface area contributed by atoms with E-state index >= 15 is 0 Å². The summed E-state index contributed by atoms with van der Waals surface area (Å²) in [6.07, 6.45) is 62.5. The molecule has 0 radical (unpaired) electrons. The Labute approximate surface area is 393 Å². The summed E-state index contributed by atoms with van der Waals surface area (Å²) in [6.45, 7) is 4.07. The SMILES string of the molecule is CCCCCCCCCCCCC/C=C/CC/C=C/CCCC(O)C(O)C(CO)NC(=O)C(O)CCCCCCCCCCCCCCCCCCCCCCCCCCCCC. The molecule has 0 aliphatic rings. The van der Waals surface area contributed by atoms with Crippen molar-refractivity contribution in [1.82, 2.24) is 5.32 Å². The van der Waals surface area contributed by atoms with Crippen LogP contribution in [0.5, 0.6) is 0 Å². The summed E-state index contributed by atoms with van der Waals surface area (Å²) in [5.41, 5.74) is 0. The standard InChI is InChI=1S/C57H111NO5/c1-3-5-7-9-11-13-15-17-19-21-23-25-26-27-28-29-30-31-33-35-37-39-41-43-45-47-49-51-55(61)57(63)58-53(52-59)56(62)54(60)50-48-46-44-42-40-38-36-34-32-24-22-20-18-16-14-12-10-8-6-4-2/h34,36,42,44,53-56,59-62H,3-33,35,37-41,43,45-52H2,1-2H3,(H,58,63)/b36-34+,44-42+. The van der Waals surface area contributed by atoms with Crippen molar-refractivity contribution >= 4 is 5.91 Å². The van der Waals surface area contributed by atoms with Gasteiger partial charge in [-0.2, -0.15) is 0 Å². The lowest BCUT2D eigenvalue weighted by molar-refractivity contribution is -0.132. The molecule has 4 atom stereocenters. The minimum atomic E-state index is -1.29. The molecule has 0 fully saturated rings. The Kier molecular flexibility index (Phi) is 50.8. The molecular weight excluding hydrogens is 779 g/mol. The maximum Gasteiger partial charge on any atom is 0.249 e. The van der Waals surface area contributed by atoms with Crippen molar-refractivity contribution in [3.05, 3.63) is 24.3 Å². The van der Waals surface area contributed by atoms with Crippen molar-refractivity contribution in [3.63, 3.8) is 0 Å². The predicted molar refractivity (Wildman–Crippen MR) is 274 cm³/mol. The van der Waals surface area contributed by atoms with E-state index in [4.69, 9.17) is 0 Å². The first-order chi connectivity index (χ1) is 31.0. The van der Waals surface area contributed by atoms with Gasteiger partial charge in [0, 0.05) is 0 Å². The molecule has 0 aliphatic heterocycles. The van der Waals surface area contributed by atoms with Crippen LogP contribution >= 0.6 is 0 Å². The highest BCUT2D eigenvalue weighted by Crippen LogP contribution is 2.18. The third-order valence-corrected chi connectivity index (χ3v) is 13.4. The van der Waals surface area contributed by atoms with Crippen LogP contribution in [0.2, 0.25) is 0 Å². The quantitative estimate of drug-likeness (QED) is 0.0309. The van der Waals surface area contributed by atoms with Crippen LogP contribution in [0, 0.1) is 0 Å². The third-order valence-electron chi connectivity index (χ3n) is 13.4. The lowest BCUT2D eigenvalue weighted by Crippen LogP contribution is -2.53. The largest absolute Gasteiger partial charge is 0.394 e. The molecule has 0 saturated carbocycles. The summed E-state index contributed by atoms with van der Waals surface area (Å²) in [7, 11) is 0. The van der Waals surface area contributed by atoms with Gasteiger partial charge in [0.15, 0.2) is 0 Å². The zero-order valence-electron chi connectivity index (χ0n) is 42.3. The van der Waals surface area contributed by atoms with E-state index in [0.29, 0.717) is 19.3 Å². The molecule has 0 rings (SSSR count). The van der Waals surface area contributed by atoms with Crippen molar-refractivity contribution in [2.24, 2.45) is 0 Å². The molecule has 374 valence electrons. The van der Waals surface area contributed by atoms with Crippen LogP contribution in [-0.2, 0) is 4.79 Å². The fourth-order valence-corrected chi connectivity index (χ4v) is 8.95. The Morgan fingerprint density at radius 3 is 1.00 bits per heavy atom. The lowest BCUT2D eigenvalue weighted by atomic mass is 10.00. The molecule has 0 aromatic heterocycles. The van der Waals surface area contributed by atoms with Gasteiger partial charge < -0.3 is 25.7 Å². The Balaban J connectivity index is 3.64. The predicted octanol–water partition coefficient (Wildman–Crippen LogP) is 16.3. The first-order valence-electron chi connectivity index (χ1n) is 28.2. The molecule has 0 heterocycles. The number of carbonyl (C=O) groups excluding carboxylic acids is 1. The third kappa shape index (κ3) is 45.7. The van der Waals surface area contributed by atoms with E-state index in [1.54, 1.807) is 0 Å². The number of aliphatic hydroxyl groups excluding tert-OH is 4. The number of rotatable bonds is 52. The highest BCUT2D eigenvalue weighted by molar-refractivity contribution is 5.80. The number of hydrogen-bond donors (Lipinski definition) is 5. The van der Waals surface area contributed by atoms with E-state index in [9.17, 15) is 25.2 Å². The highest BCUT2D eigenvalue weighted by atomic mass is 16.3. The van der Waals surface area contributed by atoms with Crippen molar-refractivity contribution in [3.8, 4) is 0 Å². The lowest BCUT2D eigenvalue weighted by Gasteiger charge is -2.27. The Morgan fingerprint density at radius 1 is 0.381 bits per heavy atom. The van der Waals surface area contributed by atoms with Crippen molar-refractivity contribution in [2.45, 2.75) is 327 Å². The number of nitrogens with one attached hydrogen (secondary N) is 1. The molecule has 6 nitrogen and oxygen atoms in total. The van der Waals surface area contributed by atoms with Gasteiger partial charge in [0.2, 0.25) is 5.91 Å². The minimum Gasteiger partial charge on any atom is -0.394 e. The minimum absolute atomic E-state index is 0.365. The van der Waals surface area contributed by atoms with Crippen LogP contribution in [0.3, 0.4) is 0 Å². The molecule has 63 heavy (non-hydrogen) atoms. The first-order valence-corrected chi connectivity index (χ1v) is 28.2. The molecule has 0 spiro atoms. The average molecular weight is 891 g/mol. The van der Waals surface area contributed by atoms with Gasteiger partial charge in [-0.3, -0.25) is 4.79 Å². The summed E-state index contributed by atoms with van der Waals surface area (Å²) in [5.74, 6) is -0.592. The first kappa shape index (κ1) is 61.8. The van der Waals surface area contributed by atoms with Crippen LogP contribution in [0.1, 0.15) is 303 Å². The van der Waals surface area contributed by atoms with E-state index in [1.807, 2.05) is 0 Å². The number of allylic oxidation sites excluding steroid dienone is 4. The molecule has 0 bridgehead atoms. The highest BCUT2D eigenvalue weighted by Gasteiger charge is 2.28. The second-order valence-electron chi connectivity index (χ2n) is 19.6. The van der Waals surface area contributed by atoms with Gasteiger partial charge in [0.25, 0.3) is 0 Å². The fraction of sp³-hybridized carbons (Fsp3) is 0.912. The Morgan fingerprint density at radius 2 is 0.667 bits per heavy atom. The number of unbranched alkanes of at least 4 members (excludes halogenated alkanes) is 39. The monoisotopic (exact) mass is 890 g/mol. The van der Waals surface area contributed by atoms with Crippen molar-refractivity contribution < 1.29 is 25.2 Å². The smallest absolute Gasteiger partial charge is 0.249 e. The molecular formula is C57H111NO5. The van der Waals surface area contributed by atoms with Crippen LogP contribution in [0.25, 0.3) is 0 Å². The van der Waals surface area contributed by atoms with E-state index < -0.39 is 36.9 Å². The van der Waals surface area contributed by atoms with E-state index in [1.165, 1.54) is 231 Å². The van der Waals surface area contributed by atoms with Crippen LogP contribution in [-0.4, -0.2) is 57.3 Å². The molecule has 5 N–H and O–H groups in total. The van der Waals surface area contributed by atoms with E-state index in [2.05, 4.69) is 43.5 Å². The summed E-state index contributed by atoms with van der Waals surface area (Å²) in [4.78, 5) is 12.6. The number of hydrogen-bond acceptors (Lipinski definition) is 5. The van der Waals surface area contributed by atoms with Crippen LogP contribution in [0.15, 0.2) is 24.3 Å². The van der Waals surface area contributed by atoms with Gasteiger partial charge in [-0.15, -0.1) is 0 Å². The Bertz CT molecular complexity index is 955. The summed E-state index contributed by atoms with van der Waals surface area (Å²) >= 11 is 0. The zero-order valence-corrected chi connectivity index (χ0v) is 42.3. The topological polar surface area (TPSA) is 110 Å². The summed E-state index contributed by atoms with van der Waals surface area (Å²) in [6, 6.07) is -1.01.